The number of alkyl halides is 3. The van der Waals surface area contributed by atoms with E-state index in [0.717, 1.165) is 28.9 Å². The van der Waals surface area contributed by atoms with E-state index in [1.807, 2.05) is 19.1 Å². The maximum absolute atomic E-state index is 12.5. The fourth-order valence-electron chi connectivity index (χ4n) is 1.92. The maximum atomic E-state index is 12.5. The third kappa shape index (κ3) is 7.63. The predicted molar refractivity (Wildman–Crippen MR) is 103 cm³/mol. The van der Waals surface area contributed by atoms with Gasteiger partial charge in [0.1, 0.15) is 5.76 Å². The van der Waals surface area contributed by atoms with Gasteiger partial charge in [-0.05, 0) is 19.1 Å². The third-order valence-corrected chi connectivity index (χ3v) is 3.93. The second-order valence-electron chi connectivity index (χ2n) is 4.89. The zero-order chi connectivity index (χ0) is 17.4. The number of thiazole rings is 1. The SMILES string of the molecule is CCNC(=NCCc1nc(C(F)(F)F)cs1)NCCc1ccco1.I. The van der Waals surface area contributed by atoms with Crippen LogP contribution in [0.15, 0.2) is 33.2 Å². The Hall–Kier alpha value is -1.30. The molecule has 0 saturated heterocycles. The largest absolute Gasteiger partial charge is 0.469 e. The Labute approximate surface area is 165 Å². The highest BCUT2D eigenvalue weighted by atomic mass is 127. The number of furan rings is 1. The lowest BCUT2D eigenvalue weighted by Crippen LogP contribution is -2.38. The first kappa shape index (κ1) is 21.7. The summed E-state index contributed by atoms with van der Waals surface area (Å²) in [4.78, 5) is 7.94. The summed E-state index contributed by atoms with van der Waals surface area (Å²) in [5, 5.41) is 7.71. The molecule has 140 valence electrons. The van der Waals surface area contributed by atoms with Gasteiger partial charge in [-0.15, -0.1) is 35.3 Å². The Balaban J connectivity index is 0.00000312. The highest BCUT2D eigenvalue weighted by Crippen LogP contribution is 2.30. The zero-order valence-corrected chi connectivity index (χ0v) is 16.7. The molecule has 5 nitrogen and oxygen atoms in total. The number of hydrogen-bond donors (Lipinski definition) is 2. The molecular formula is C15H20F3IN4OS. The van der Waals surface area contributed by atoms with E-state index in [2.05, 4.69) is 20.6 Å². The van der Waals surface area contributed by atoms with Crippen LogP contribution in [0.25, 0.3) is 0 Å². The molecule has 2 N–H and O–H groups in total. The molecule has 2 aromatic heterocycles. The summed E-state index contributed by atoms with van der Waals surface area (Å²) in [6.45, 7) is 3.65. The normalized spacial score (nSPS) is 11.9. The Bertz CT molecular complexity index is 643. The zero-order valence-electron chi connectivity index (χ0n) is 13.6. The van der Waals surface area contributed by atoms with Gasteiger partial charge in [-0.3, -0.25) is 4.99 Å². The molecule has 0 unspecified atom stereocenters. The highest BCUT2D eigenvalue weighted by molar-refractivity contribution is 14.0. The van der Waals surface area contributed by atoms with Gasteiger partial charge in [0.15, 0.2) is 11.7 Å². The van der Waals surface area contributed by atoms with Crippen molar-refractivity contribution >= 4 is 41.3 Å². The summed E-state index contributed by atoms with van der Waals surface area (Å²) >= 11 is 1.00. The number of rotatable bonds is 7. The molecule has 0 fully saturated rings. The molecule has 25 heavy (non-hydrogen) atoms. The van der Waals surface area contributed by atoms with Crippen molar-refractivity contribution in [1.82, 2.24) is 15.6 Å². The molecule has 0 aliphatic carbocycles. The van der Waals surface area contributed by atoms with Gasteiger partial charge in [-0.2, -0.15) is 13.2 Å². The standard InChI is InChI=1S/C15H19F3N4OS.HI/c1-2-19-14(20-7-5-11-4-3-9-23-11)21-8-6-13-22-12(10-24-13)15(16,17)18;/h3-4,9-10H,2,5-8H2,1H3,(H2,19,20,21);1H. The first-order chi connectivity index (χ1) is 11.5. The number of guanidine groups is 1. The van der Waals surface area contributed by atoms with Crippen LogP contribution in [0, 0.1) is 0 Å². The number of aliphatic imine (C=N–C) groups is 1. The molecule has 0 aliphatic rings. The molecule has 0 saturated carbocycles. The van der Waals surface area contributed by atoms with E-state index in [1.54, 1.807) is 6.26 Å². The van der Waals surface area contributed by atoms with E-state index in [-0.39, 0.29) is 24.0 Å². The molecule has 2 heterocycles. The van der Waals surface area contributed by atoms with E-state index in [4.69, 9.17) is 4.42 Å². The lowest BCUT2D eigenvalue weighted by molar-refractivity contribution is -0.140. The smallest absolute Gasteiger partial charge is 0.434 e. The summed E-state index contributed by atoms with van der Waals surface area (Å²) in [5.74, 6) is 1.50. The van der Waals surface area contributed by atoms with Crippen molar-refractivity contribution in [3.8, 4) is 0 Å². The molecular weight excluding hydrogens is 468 g/mol. The minimum absolute atomic E-state index is 0. The maximum Gasteiger partial charge on any atom is 0.434 e. The second-order valence-corrected chi connectivity index (χ2v) is 5.83. The van der Waals surface area contributed by atoms with Gasteiger partial charge in [0.25, 0.3) is 0 Å². The summed E-state index contributed by atoms with van der Waals surface area (Å²) in [7, 11) is 0. The Kier molecular flexibility index (Phi) is 9.25. The van der Waals surface area contributed by atoms with Gasteiger partial charge in [-0.1, -0.05) is 0 Å². The van der Waals surface area contributed by atoms with E-state index in [1.165, 1.54) is 0 Å². The first-order valence-corrected chi connectivity index (χ1v) is 8.43. The average molecular weight is 488 g/mol. The number of halogens is 4. The van der Waals surface area contributed by atoms with E-state index >= 15 is 0 Å². The predicted octanol–water partition coefficient (Wildman–Crippen LogP) is 3.71. The quantitative estimate of drug-likeness (QED) is 0.355. The van der Waals surface area contributed by atoms with E-state index in [9.17, 15) is 13.2 Å². The molecule has 2 aromatic rings. The fraction of sp³-hybridized carbons (Fsp3) is 0.467. The van der Waals surface area contributed by atoms with Crippen LogP contribution < -0.4 is 10.6 Å². The molecule has 0 atom stereocenters. The van der Waals surface area contributed by atoms with Gasteiger partial charge < -0.3 is 15.1 Å². The molecule has 0 bridgehead atoms. The van der Waals surface area contributed by atoms with Gasteiger partial charge in [-0.25, -0.2) is 4.98 Å². The van der Waals surface area contributed by atoms with Crippen LogP contribution in [0.2, 0.25) is 0 Å². The molecule has 0 aliphatic heterocycles. The molecule has 0 spiro atoms. The topological polar surface area (TPSA) is 62.5 Å². The molecule has 10 heteroatoms. The summed E-state index contributed by atoms with van der Waals surface area (Å²) < 4.78 is 42.7. The van der Waals surface area contributed by atoms with Gasteiger partial charge in [0.05, 0.1) is 11.3 Å². The Morgan fingerprint density at radius 2 is 2.12 bits per heavy atom. The van der Waals surface area contributed by atoms with Crippen LogP contribution in [0.3, 0.4) is 0 Å². The lowest BCUT2D eigenvalue weighted by atomic mass is 10.3. The van der Waals surface area contributed by atoms with Crippen LogP contribution in [0.4, 0.5) is 13.2 Å². The van der Waals surface area contributed by atoms with E-state index in [0.29, 0.717) is 37.0 Å². The number of hydrogen-bond acceptors (Lipinski definition) is 4. The second kappa shape index (κ2) is 10.6. The van der Waals surface area contributed by atoms with Crippen molar-refractivity contribution in [2.75, 3.05) is 19.6 Å². The molecule has 2 rings (SSSR count). The average Bonchev–Trinajstić information content (AvgIpc) is 3.18. The molecule has 0 amide bonds. The van der Waals surface area contributed by atoms with Gasteiger partial charge in [0, 0.05) is 37.9 Å². The van der Waals surface area contributed by atoms with Crippen LogP contribution >= 0.6 is 35.3 Å². The van der Waals surface area contributed by atoms with Crippen LogP contribution in [-0.4, -0.2) is 30.6 Å². The summed E-state index contributed by atoms with van der Waals surface area (Å²) in [6.07, 6.45) is -1.67. The Morgan fingerprint density at radius 1 is 1.32 bits per heavy atom. The molecule has 0 aromatic carbocycles. The number of nitrogens with one attached hydrogen (secondary N) is 2. The van der Waals surface area contributed by atoms with Gasteiger partial charge in [0.2, 0.25) is 0 Å². The van der Waals surface area contributed by atoms with Gasteiger partial charge >= 0.3 is 6.18 Å². The van der Waals surface area contributed by atoms with Crippen molar-refractivity contribution in [2.45, 2.75) is 25.9 Å². The fourth-order valence-corrected chi connectivity index (χ4v) is 2.71. The highest BCUT2D eigenvalue weighted by Gasteiger charge is 2.33. The van der Waals surface area contributed by atoms with Crippen molar-refractivity contribution in [3.05, 3.63) is 40.2 Å². The third-order valence-electron chi connectivity index (χ3n) is 3.03. The Morgan fingerprint density at radius 3 is 2.72 bits per heavy atom. The molecule has 0 radical (unpaired) electrons. The monoisotopic (exact) mass is 488 g/mol. The lowest BCUT2D eigenvalue weighted by Gasteiger charge is -2.10. The van der Waals surface area contributed by atoms with E-state index < -0.39 is 11.9 Å². The number of aromatic nitrogens is 1. The van der Waals surface area contributed by atoms with Crippen molar-refractivity contribution in [1.29, 1.82) is 0 Å². The summed E-state index contributed by atoms with van der Waals surface area (Å²) in [6, 6.07) is 3.73. The summed E-state index contributed by atoms with van der Waals surface area (Å²) in [5.41, 5.74) is -0.838. The van der Waals surface area contributed by atoms with Crippen LogP contribution in [0.5, 0.6) is 0 Å². The van der Waals surface area contributed by atoms with Crippen LogP contribution in [0.1, 0.15) is 23.4 Å². The minimum Gasteiger partial charge on any atom is -0.469 e. The van der Waals surface area contributed by atoms with Crippen LogP contribution in [-0.2, 0) is 19.0 Å². The number of nitrogens with zero attached hydrogens (tertiary/aromatic N) is 2. The first-order valence-electron chi connectivity index (χ1n) is 7.55. The van der Waals surface area contributed by atoms with Crippen molar-refractivity contribution in [2.24, 2.45) is 4.99 Å². The van der Waals surface area contributed by atoms with Crippen molar-refractivity contribution in [3.63, 3.8) is 0 Å². The minimum atomic E-state index is -4.39. The van der Waals surface area contributed by atoms with Crippen molar-refractivity contribution < 1.29 is 17.6 Å².